The number of aromatic nitrogens is 1. The molecule has 1 aliphatic heterocycles. The molecule has 2 aromatic carbocycles. The number of benzene rings is 2. The van der Waals surface area contributed by atoms with E-state index in [-0.39, 0.29) is 22.5 Å². The Balaban J connectivity index is 1.67. The zero-order chi connectivity index (χ0) is 21.6. The fourth-order valence-electron chi connectivity index (χ4n) is 3.21. The van der Waals surface area contributed by atoms with Crippen molar-refractivity contribution in [3.63, 3.8) is 0 Å². The zero-order valence-electron chi connectivity index (χ0n) is 16.4. The van der Waals surface area contributed by atoms with Crippen LogP contribution in [0, 0.1) is 19.7 Å². The summed E-state index contributed by atoms with van der Waals surface area (Å²) in [5, 5.41) is 0.199. The standard InChI is InChI=1S/C20H18FN3O4S2/c1-11-8-14(21)5-7-17(11)30(26,27)23-20-22-19(12(2)29-20)13-4-6-16-15(9-13)24(3)18(25)10-28-16/h4-9H,10H2,1-3H3,(H,22,23). The summed E-state index contributed by atoms with van der Waals surface area (Å²) in [4.78, 5) is 18.7. The molecule has 0 aliphatic carbocycles. The number of amides is 1. The lowest BCUT2D eigenvalue weighted by Crippen LogP contribution is -2.35. The predicted octanol–water partition coefficient (Wildman–Crippen LogP) is 3.72. The molecule has 1 N–H and O–H groups in total. The quantitative estimate of drug-likeness (QED) is 0.659. The summed E-state index contributed by atoms with van der Waals surface area (Å²) in [6.45, 7) is 3.36. The van der Waals surface area contributed by atoms with Gasteiger partial charge in [-0.05, 0) is 55.8 Å². The zero-order valence-corrected chi connectivity index (χ0v) is 18.0. The molecule has 0 saturated heterocycles. The summed E-state index contributed by atoms with van der Waals surface area (Å²) in [5.41, 5.74) is 2.26. The number of nitrogens with zero attached hydrogens (tertiary/aromatic N) is 2. The number of ether oxygens (including phenoxy) is 1. The molecule has 10 heteroatoms. The predicted molar refractivity (Wildman–Crippen MR) is 113 cm³/mol. The number of likely N-dealkylation sites (N-methyl/N-ethyl adjacent to an activating group) is 1. The Kier molecular flexibility index (Phi) is 4.99. The van der Waals surface area contributed by atoms with Crippen LogP contribution in [-0.2, 0) is 14.8 Å². The fraction of sp³-hybridized carbons (Fsp3) is 0.200. The maximum absolute atomic E-state index is 13.3. The second kappa shape index (κ2) is 7.37. The average Bonchev–Trinajstić information content (AvgIpc) is 3.03. The smallest absolute Gasteiger partial charge is 0.264 e. The van der Waals surface area contributed by atoms with Gasteiger partial charge in [-0.2, -0.15) is 0 Å². The molecule has 0 fully saturated rings. The number of nitrogens with one attached hydrogen (secondary N) is 1. The van der Waals surface area contributed by atoms with Gasteiger partial charge in [-0.25, -0.2) is 17.8 Å². The van der Waals surface area contributed by atoms with Crippen LogP contribution in [0.1, 0.15) is 10.4 Å². The summed E-state index contributed by atoms with van der Waals surface area (Å²) >= 11 is 1.19. The topological polar surface area (TPSA) is 88.6 Å². The Morgan fingerprint density at radius 2 is 1.97 bits per heavy atom. The van der Waals surface area contributed by atoms with Crippen molar-refractivity contribution in [1.82, 2.24) is 4.98 Å². The molecule has 2 heterocycles. The van der Waals surface area contributed by atoms with Crippen LogP contribution in [-0.4, -0.2) is 33.0 Å². The van der Waals surface area contributed by atoms with E-state index in [4.69, 9.17) is 4.74 Å². The lowest BCUT2D eigenvalue weighted by Gasteiger charge is -2.26. The summed E-state index contributed by atoms with van der Waals surface area (Å²) in [5.74, 6) is -0.0575. The average molecular weight is 448 g/mol. The van der Waals surface area contributed by atoms with Crippen LogP contribution in [0.2, 0.25) is 0 Å². The Morgan fingerprint density at radius 3 is 2.70 bits per heavy atom. The van der Waals surface area contributed by atoms with Gasteiger partial charge in [-0.1, -0.05) is 0 Å². The highest BCUT2D eigenvalue weighted by Crippen LogP contribution is 2.38. The van der Waals surface area contributed by atoms with Crippen LogP contribution in [0.25, 0.3) is 11.3 Å². The minimum atomic E-state index is -3.92. The first kappa shape index (κ1) is 20.3. The molecular formula is C20H18FN3O4S2. The highest BCUT2D eigenvalue weighted by molar-refractivity contribution is 7.93. The molecule has 0 radical (unpaired) electrons. The third-order valence-electron chi connectivity index (χ3n) is 4.76. The third kappa shape index (κ3) is 3.63. The van der Waals surface area contributed by atoms with E-state index >= 15 is 0 Å². The van der Waals surface area contributed by atoms with Gasteiger partial charge in [0.1, 0.15) is 11.6 Å². The first-order chi connectivity index (χ1) is 14.2. The largest absolute Gasteiger partial charge is 0.482 e. The van der Waals surface area contributed by atoms with Gasteiger partial charge < -0.3 is 9.64 Å². The van der Waals surface area contributed by atoms with Crippen molar-refractivity contribution >= 4 is 38.1 Å². The molecule has 0 saturated carbocycles. The van der Waals surface area contributed by atoms with E-state index in [1.807, 2.05) is 13.0 Å². The molecule has 4 rings (SSSR count). The van der Waals surface area contributed by atoms with Gasteiger partial charge in [0.2, 0.25) is 0 Å². The number of anilines is 2. The second-order valence-electron chi connectivity index (χ2n) is 6.86. The van der Waals surface area contributed by atoms with E-state index in [2.05, 4.69) is 9.71 Å². The molecule has 30 heavy (non-hydrogen) atoms. The van der Waals surface area contributed by atoms with Crippen LogP contribution in [0.5, 0.6) is 5.75 Å². The number of halogens is 1. The number of hydrogen-bond acceptors (Lipinski definition) is 6. The van der Waals surface area contributed by atoms with Crippen LogP contribution in [0.15, 0.2) is 41.3 Å². The Hall–Kier alpha value is -2.98. The number of hydrogen-bond donors (Lipinski definition) is 1. The third-order valence-corrected chi connectivity index (χ3v) is 7.28. The number of carbonyl (C=O) groups excluding carboxylic acids is 1. The molecular weight excluding hydrogens is 429 g/mol. The van der Waals surface area contributed by atoms with Gasteiger partial charge in [0, 0.05) is 17.5 Å². The molecule has 1 aliphatic rings. The SMILES string of the molecule is Cc1cc(F)ccc1S(=O)(=O)Nc1nc(-c2ccc3c(c2)N(C)C(=O)CO3)c(C)s1. The van der Waals surface area contributed by atoms with E-state index < -0.39 is 15.8 Å². The van der Waals surface area contributed by atoms with Crippen LogP contribution in [0.4, 0.5) is 15.2 Å². The number of thiazole rings is 1. The maximum atomic E-state index is 13.3. The van der Waals surface area contributed by atoms with E-state index in [1.54, 1.807) is 19.2 Å². The van der Waals surface area contributed by atoms with Crippen molar-refractivity contribution in [3.8, 4) is 17.0 Å². The van der Waals surface area contributed by atoms with E-state index in [0.29, 0.717) is 22.7 Å². The highest BCUT2D eigenvalue weighted by Gasteiger charge is 2.24. The van der Waals surface area contributed by atoms with Gasteiger partial charge in [0.05, 0.1) is 16.3 Å². The minimum Gasteiger partial charge on any atom is -0.482 e. The van der Waals surface area contributed by atoms with E-state index in [0.717, 1.165) is 16.5 Å². The van der Waals surface area contributed by atoms with Gasteiger partial charge >= 0.3 is 0 Å². The molecule has 0 atom stereocenters. The molecule has 3 aromatic rings. The molecule has 0 unspecified atom stereocenters. The minimum absolute atomic E-state index is 0.00664. The van der Waals surface area contributed by atoms with Crippen molar-refractivity contribution in [2.24, 2.45) is 0 Å². The van der Waals surface area contributed by atoms with E-state index in [9.17, 15) is 17.6 Å². The van der Waals surface area contributed by atoms with Crippen molar-refractivity contribution in [3.05, 3.63) is 52.7 Å². The van der Waals surface area contributed by atoms with Crippen molar-refractivity contribution in [1.29, 1.82) is 0 Å². The molecule has 1 aromatic heterocycles. The molecule has 156 valence electrons. The summed E-state index contributed by atoms with van der Waals surface area (Å²) in [7, 11) is -2.25. The maximum Gasteiger partial charge on any atom is 0.264 e. The molecule has 0 bridgehead atoms. The molecule has 0 spiro atoms. The van der Waals surface area contributed by atoms with Crippen LogP contribution < -0.4 is 14.4 Å². The summed E-state index contributed by atoms with van der Waals surface area (Å²) in [6.07, 6.45) is 0. The first-order valence-corrected chi connectivity index (χ1v) is 11.3. The number of fused-ring (bicyclic) bond motifs is 1. The monoisotopic (exact) mass is 447 g/mol. The van der Waals surface area contributed by atoms with Gasteiger partial charge in [-0.3, -0.25) is 9.52 Å². The Bertz CT molecular complexity index is 1270. The summed E-state index contributed by atoms with van der Waals surface area (Å²) in [6, 6.07) is 8.86. The fourth-order valence-corrected chi connectivity index (χ4v) is 5.51. The number of rotatable bonds is 4. The normalized spacial score (nSPS) is 13.7. The van der Waals surface area contributed by atoms with Crippen molar-refractivity contribution in [2.75, 3.05) is 23.3 Å². The summed E-state index contributed by atoms with van der Waals surface area (Å²) < 4.78 is 46.7. The van der Waals surface area contributed by atoms with Gasteiger partial charge in [-0.15, -0.1) is 11.3 Å². The highest BCUT2D eigenvalue weighted by atomic mass is 32.2. The number of carbonyl (C=O) groups is 1. The lowest BCUT2D eigenvalue weighted by atomic mass is 10.1. The number of sulfonamides is 1. The molecule has 7 nitrogen and oxygen atoms in total. The van der Waals surface area contributed by atoms with Crippen LogP contribution >= 0.6 is 11.3 Å². The van der Waals surface area contributed by atoms with Crippen LogP contribution in [0.3, 0.4) is 0 Å². The van der Waals surface area contributed by atoms with Crippen molar-refractivity contribution in [2.45, 2.75) is 18.7 Å². The Labute approximate surface area is 177 Å². The van der Waals surface area contributed by atoms with Crippen molar-refractivity contribution < 1.29 is 22.3 Å². The lowest BCUT2D eigenvalue weighted by molar-refractivity contribution is -0.120. The van der Waals surface area contributed by atoms with E-state index in [1.165, 1.54) is 35.3 Å². The number of aryl methyl sites for hydroxylation is 2. The van der Waals surface area contributed by atoms with Gasteiger partial charge in [0.25, 0.3) is 15.9 Å². The molecule has 1 amide bonds. The second-order valence-corrected chi connectivity index (χ2v) is 9.72. The van der Waals surface area contributed by atoms with Gasteiger partial charge in [0.15, 0.2) is 11.7 Å². The first-order valence-electron chi connectivity index (χ1n) is 8.96. The Morgan fingerprint density at radius 1 is 1.20 bits per heavy atom.